The summed E-state index contributed by atoms with van der Waals surface area (Å²) in [6, 6.07) is 4.94. The monoisotopic (exact) mass is 399 g/mol. The summed E-state index contributed by atoms with van der Waals surface area (Å²) in [5, 5.41) is 12.1. The molecule has 1 saturated heterocycles. The zero-order chi connectivity index (χ0) is 20.7. The van der Waals surface area contributed by atoms with Crippen LogP contribution in [0.15, 0.2) is 30.4 Å². The summed E-state index contributed by atoms with van der Waals surface area (Å²) in [7, 11) is 0. The minimum Gasteiger partial charge on any atom is -0.403 e. The average Bonchev–Trinajstić information content (AvgIpc) is 2.98. The predicted octanol–water partition coefficient (Wildman–Crippen LogP) is 2.57. The summed E-state index contributed by atoms with van der Waals surface area (Å²) in [4.78, 5) is 43.1. The van der Waals surface area contributed by atoms with Crippen molar-refractivity contribution in [1.29, 1.82) is 0 Å². The molecule has 0 saturated carbocycles. The number of fused-ring (bicyclic) bond motifs is 3. The van der Waals surface area contributed by atoms with Crippen LogP contribution in [-0.2, 0) is 9.59 Å². The molecule has 0 unspecified atom stereocenters. The standard InChI is InChI=1S/C20H21N3O6/c1-12(2)21-10-8-13(9-11-21)18-19-14(4-3-5-15(19)23(26)27)22-20(18)28-16(24)6-7-17(25)29-22/h3-7,12-13H,8-11H2,1-2H3/b7-6-. The molecule has 9 heteroatoms. The van der Waals surface area contributed by atoms with E-state index in [2.05, 4.69) is 18.7 Å². The van der Waals surface area contributed by atoms with Crippen LogP contribution in [0.1, 0.15) is 38.2 Å². The number of rotatable bonds is 3. The lowest BCUT2D eigenvalue weighted by Gasteiger charge is -2.34. The van der Waals surface area contributed by atoms with Gasteiger partial charge in [0.05, 0.1) is 15.8 Å². The van der Waals surface area contributed by atoms with Crippen molar-refractivity contribution in [1.82, 2.24) is 9.63 Å². The van der Waals surface area contributed by atoms with Crippen molar-refractivity contribution in [2.24, 2.45) is 0 Å². The zero-order valence-corrected chi connectivity index (χ0v) is 16.2. The van der Waals surface area contributed by atoms with Gasteiger partial charge in [0.25, 0.3) is 5.69 Å². The highest BCUT2D eigenvalue weighted by Gasteiger charge is 2.35. The summed E-state index contributed by atoms with van der Waals surface area (Å²) in [6.45, 7) is 5.90. The largest absolute Gasteiger partial charge is 0.403 e. The highest BCUT2D eigenvalue weighted by Crippen LogP contribution is 2.45. The number of esters is 1. The summed E-state index contributed by atoms with van der Waals surface area (Å²) in [6.07, 6.45) is 3.45. The van der Waals surface area contributed by atoms with Crippen LogP contribution in [-0.4, -0.2) is 45.6 Å². The molecule has 4 rings (SSSR count). The normalized spacial score (nSPS) is 19.4. The lowest BCUT2D eigenvalue weighted by Crippen LogP contribution is -2.38. The maximum Gasteiger partial charge on any atom is 0.356 e. The van der Waals surface area contributed by atoms with Crippen molar-refractivity contribution in [3.63, 3.8) is 0 Å². The van der Waals surface area contributed by atoms with Crippen molar-refractivity contribution >= 4 is 28.5 Å². The molecule has 2 aromatic rings. The number of hydrogen-bond acceptors (Lipinski definition) is 7. The Labute approximate surface area is 166 Å². The molecule has 152 valence electrons. The van der Waals surface area contributed by atoms with Crippen LogP contribution in [0.2, 0.25) is 0 Å². The number of carbonyl (C=O) groups excluding carboxylic acids is 2. The first-order valence-corrected chi connectivity index (χ1v) is 9.54. The Kier molecular flexibility index (Phi) is 4.83. The number of nitro benzene ring substituents is 1. The quantitative estimate of drug-likeness (QED) is 0.444. The van der Waals surface area contributed by atoms with E-state index in [1.165, 1.54) is 12.1 Å². The first-order valence-electron chi connectivity index (χ1n) is 9.54. The number of hydrogen-bond donors (Lipinski definition) is 0. The molecule has 0 spiro atoms. The van der Waals surface area contributed by atoms with Gasteiger partial charge in [-0.1, -0.05) is 6.07 Å². The van der Waals surface area contributed by atoms with E-state index in [0.717, 1.165) is 42.8 Å². The number of carbonyl (C=O) groups is 2. The highest BCUT2D eigenvalue weighted by molar-refractivity contribution is 5.99. The molecule has 29 heavy (non-hydrogen) atoms. The van der Waals surface area contributed by atoms with Gasteiger partial charge in [0, 0.05) is 29.8 Å². The SMILES string of the molecule is CC(C)N1CCC(c2c3n(c4cccc([N+](=O)[O-])c24)OC(=O)/C=C\C(=O)O3)CC1. The van der Waals surface area contributed by atoms with E-state index in [-0.39, 0.29) is 17.5 Å². The number of likely N-dealkylation sites (tertiary alicyclic amines) is 1. The molecule has 1 fully saturated rings. The second-order valence-electron chi connectivity index (χ2n) is 7.51. The van der Waals surface area contributed by atoms with Crippen molar-refractivity contribution in [2.45, 2.75) is 38.6 Å². The third-order valence-electron chi connectivity index (χ3n) is 5.52. The molecule has 0 aliphatic carbocycles. The predicted molar refractivity (Wildman–Crippen MR) is 104 cm³/mol. The van der Waals surface area contributed by atoms with Gasteiger partial charge in [0.2, 0.25) is 5.88 Å². The van der Waals surface area contributed by atoms with E-state index >= 15 is 0 Å². The van der Waals surface area contributed by atoms with Crippen molar-refractivity contribution in [3.8, 4) is 5.88 Å². The maximum atomic E-state index is 12.1. The van der Waals surface area contributed by atoms with E-state index in [4.69, 9.17) is 9.57 Å². The molecule has 0 amide bonds. The Morgan fingerprint density at radius 3 is 2.48 bits per heavy atom. The summed E-state index contributed by atoms with van der Waals surface area (Å²) < 4.78 is 6.59. The van der Waals surface area contributed by atoms with Gasteiger partial charge >= 0.3 is 11.9 Å². The van der Waals surface area contributed by atoms with Gasteiger partial charge in [-0.2, -0.15) is 0 Å². The molecular weight excluding hydrogens is 378 g/mol. The van der Waals surface area contributed by atoms with Crippen LogP contribution < -0.4 is 9.57 Å². The van der Waals surface area contributed by atoms with Crippen LogP contribution in [0.3, 0.4) is 0 Å². The topological polar surface area (TPSA) is 104 Å². The molecule has 0 bridgehead atoms. The molecule has 9 nitrogen and oxygen atoms in total. The van der Waals surface area contributed by atoms with Crippen molar-refractivity contribution in [2.75, 3.05) is 13.1 Å². The molecule has 3 heterocycles. The van der Waals surface area contributed by atoms with Gasteiger partial charge in [-0.25, -0.2) is 9.59 Å². The zero-order valence-electron chi connectivity index (χ0n) is 16.2. The van der Waals surface area contributed by atoms with Crippen LogP contribution in [0.4, 0.5) is 5.69 Å². The van der Waals surface area contributed by atoms with E-state index in [1.807, 2.05) is 0 Å². The first kappa shape index (κ1) is 19.1. The second kappa shape index (κ2) is 7.32. The number of benzene rings is 1. The molecule has 0 atom stereocenters. The third-order valence-corrected chi connectivity index (χ3v) is 5.52. The molecular formula is C20H21N3O6. The van der Waals surface area contributed by atoms with Crippen LogP contribution in [0.5, 0.6) is 5.88 Å². The van der Waals surface area contributed by atoms with Gasteiger partial charge in [0.1, 0.15) is 0 Å². The summed E-state index contributed by atoms with van der Waals surface area (Å²) in [5.74, 6) is -1.51. The molecule has 0 radical (unpaired) electrons. The van der Waals surface area contributed by atoms with Gasteiger partial charge in [0.15, 0.2) is 0 Å². The third kappa shape index (κ3) is 3.38. The molecule has 1 aromatic carbocycles. The number of non-ortho nitro benzene ring substituents is 1. The van der Waals surface area contributed by atoms with Crippen LogP contribution in [0, 0.1) is 10.1 Å². The van der Waals surface area contributed by atoms with Gasteiger partial charge < -0.3 is 14.5 Å². The number of nitrogens with zero attached hydrogens (tertiary/aromatic N) is 3. The molecule has 1 aromatic heterocycles. The number of ether oxygens (including phenoxy) is 1. The number of piperidine rings is 1. The van der Waals surface area contributed by atoms with E-state index < -0.39 is 16.9 Å². The Morgan fingerprint density at radius 1 is 1.14 bits per heavy atom. The molecule has 0 N–H and O–H groups in total. The number of aromatic nitrogens is 1. The van der Waals surface area contributed by atoms with E-state index in [1.54, 1.807) is 6.07 Å². The second-order valence-corrected chi connectivity index (χ2v) is 7.51. The maximum absolute atomic E-state index is 12.1. The fourth-order valence-electron chi connectivity index (χ4n) is 4.11. The lowest BCUT2D eigenvalue weighted by molar-refractivity contribution is -0.383. The van der Waals surface area contributed by atoms with E-state index in [0.29, 0.717) is 22.5 Å². The van der Waals surface area contributed by atoms with Gasteiger partial charge in [-0.15, -0.1) is 4.73 Å². The van der Waals surface area contributed by atoms with Gasteiger partial charge in [-0.05, 0) is 51.8 Å². The Hall–Kier alpha value is -3.20. The van der Waals surface area contributed by atoms with E-state index in [9.17, 15) is 19.7 Å². The Balaban J connectivity index is 1.91. The van der Waals surface area contributed by atoms with Gasteiger partial charge in [-0.3, -0.25) is 10.1 Å². The summed E-state index contributed by atoms with van der Waals surface area (Å²) >= 11 is 0. The van der Waals surface area contributed by atoms with Crippen molar-refractivity contribution in [3.05, 3.63) is 46.0 Å². The molecule has 2 aliphatic heterocycles. The molecule has 2 aliphatic rings. The Morgan fingerprint density at radius 2 is 1.83 bits per heavy atom. The first-order chi connectivity index (χ1) is 13.9. The Bertz CT molecular complexity index is 1030. The van der Waals surface area contributed by atoms with Crippen molar-refractivity contribution < 1.29 is 24.1 Å². The minimum atomic E-state index is -0.757. The fraction of sp³-hybridized carbons (Fsp3) is 0.400. The minimum absolute atomic E-state index is 0.0417. The number of nitro groups is 1. The lowest BCUT2D eigenvalue weighted by atomic mass is 9.88. The smallest absolute Gasteiger partial charge is 0.356 e. The fourth-order valence-corrected chi connectivity index (χ4v) is 4.11. The summed E-state index contributed by atoms with van der Waals surface area (Å²) in [5.41, 5.74) is 0.766. The van der Waals surface area contributed by atoms with Crippen LogP contribution in [0.25, 0.3) is 10.9 Å². The average molecular weight is 399 g/mol. The highest BCUT2D eigenvalue weighted by atomic mass is 16.7. The van der Waals surface area contributed by atoms with Crippen LogP contribution >= 0.6 is 0 Å².